The van der Waals surface area contributed by atoms with E-state index in [9.17, 15) is 4.79 Å². The third-order valence-corrected chi connectivity index (χ3v) is 1.44. The third-order valence-electron chi connectivity index (χ3n) is 1.44. The second-order valence-corrected chi connectivity index (χ2v) is 2.37. The van der Waals surface area contributed by atoms with E-state index in [1.54, 1.807) is 0 Å². The Labute approximate surface area is 77.3 Å². The lowest BCUT2D eigenvalue weighted by molar-refractivity contribution is 0.0945. The van der Waals surface area contributed by atoms with E-state index in [0.29, 0.717) is 5.82 Å². The molecule has 0 aliphatic carbocycles. The van der Waals surface area contributed by atoms with Gasteiger partial charge in [0.1, 0.15) is 0 Å². The summed E-state index contributed by atoms with van der Waals surface area (Å²) in [5.41, 5.74) is 0.216. The van der Waals surface area contributed by atoms with Crippen LogP contribution in [0.25, 0.3) is 0 Å². The van der Waals surface area contributed by atoms with E-state index in [1.807, 2.05) is 0 Å². The summed E-state index contributed by atoms with van der Waals surface area (Å²) in [7, 11) is 0. The number of hydrogen-bond donors (Lipinski definition) is 3. The highest BCUT2D eigenvalue weighted by atomic mass is 16.2. The first-order chi connectivity index (χ1) is 6.86. The molecular formula is C5H6N8O. The van der Waals surface area contributed by atoms with Crippen LogP contribution in [0.3, 0.4) is 0 Å². The second kappa shape index (κ2) is 3.60. The van der Waals surface area contributed by atoms with Crippen molar-refractivity contribution in [3.8, 4) is 0 Å². The van der Waals surface area contributed by atoms with Gasteiger partial charge in [0.2, 0.25) is 0 Å². The van der Waals surface area contributed by atoms with Crippen LogP contribution in [0.15, 0.2) is 6.20 Å². The molecular weight excluding hydrogens is 188 g/mol. The van der Waals surface area contributed by atoms with Crippen molar-refractivity contribution in [3.63, 3.8) is 0 Å². The van der Waals surface area contributed by atoms with Crippen molar-refractivity contribution in [2.75, 3.05) is 0 Å². The van der Waals surface area contributed by atoms with Crippen LogP contribution in [0, 0.1) is 0 Å². The lowest BCUT2D eigenvalue weighted by Gasteiger charge is -1.96. The first-order valence-corrected chi connectivity index (χ1v) is 3.72. The topological polar surface area (TPSA) is 125 Å². The van der Waals surface area contributed by atoms with Crippen molar-refractivity contribution in [1.82, 2.24) is 41.4 Å². The van der Waals surface area contributed by atoms with Gasteiger partial charge in [-0.1, -0.05) is 5.21 Å². The Kier molecular flexibility index (Phi) is 2.13. The number of aromatic nitrogens is 7. The smallest absolute Gasteiger partial charge is 0.273 e. The monoisotopic (exact) mass is 194 g/mol. The van der Waals surface area contributed by atoms with Crippen LogP contribution >= 0.6 is 0 Å². The molecule has 3 N–H and O–H groups in total. The van der Waals surface area contributed by atoms with Crippen LogP contribution in [0.4, 0.5) is 0 Å². The van der Waals surface area contributed by atoms with Gasteiger partial charge in [-0.15, -0.1) is 10.2 Å². The molecule has 72 valence electrons. The molecule has 0 radical (unpaired) electrons. The molecule has 2 rings (SSSR count). The van der Waals surface area contributed by atoms with Crippen molar-refractivity contribution in [2.45, 2.75) is 6.54 Å². The lowest BCUT2D eigenvalue weighted by atomic mass is 10.4. The number of H-pyrrole nitrogens is 2. The first-order valence-electron chi connectivity index (χ1n) is 3.72. The van der Waals surface area contributed by atoms with Crippen molar-refractivity contribution in [3.05, 3.63) is 17.7 Å². The maximum absolute atomic E-state index is 11.3. The first kappa shape index (κ1) is 8.29. The zero-order valence-corrected chi connectivity index (χ0v) is 6.93. The van der Waals surface area contributed by atoms with Crippen LogP contribution in [0.1, 0.15) is 16.3 Å². The highest BCUT2D eigenvalue weighted by Crippen LogP contribution is 1.89. The Morgan fingerprint density at radius 2 is 2.36 bits per heavy atom. The zero-order valence-electron chi connectivity index (χ0n) is 6.93. The number of aromatic amines is 2. The molecule has 1 amide bonds. The van der Waals surface area contributed by atoms with Gasteiger partial charge in [0, 0.05) is 0 Å². The normalized spacial score (nSPS) is 10.0. The van der Waals surface area contributed by atoms with Gasteiger partial charge in [-0.2, -0.15) is 20.6 Å². The van der Waals surface area contributed by atoms with E-state index in [2.05, 4.69) is 41.4 Å². The third kappa shape index (κ3) is 1.71. The molecule has 0 bridgehead atoms. The van der Waals surface area contributed by atoms with Gasteiger partial charge < -0.3 is 5.32 Å². The summed E-state index contributed by atoms with van der Waals surface area (Å²) in [6.45, 7) is 0.197. The minimum Gasteiger partial charge on any atom is -0.343 e. The van der Waals surface area contributed by atoms with Crippen LogP contribution in [-0.4, -0.2) is 41.9 Å². The number of nitrogens with zero attached hydrogens (tertiary/aromatic N) is 5. The number of nitrogens with one attached hydrogen (secondary N) is 3. The largest absolute Gasteiger partial charge is 0.343 e. The number of hydrogen-bond acceptors (Lipinski definition) is 6. The van der Waals surface area contributed by atoms with E-state index in [1.165, 1.54) is 6.20 Å². The molecule has 0 spiro atoms. The predicted octanol–water partition coefficient (Wildman–Crippen LogP) is -1.75. The Hall–Kier alpha value is -2.32. The van der Waals surface area contributed by atoms with Gasteiger partial charge in [-0.05, 0) is 0 Å². The minimum absolute atomic E-state index is 0.197. The Morgan fingerprint density at radius 3 is 3.00 bits per heavy atom. The van der Waals surface area contributed by atoms with Gasteiger partial charge in [0.15, 0.2) is 11.5 Å². The summed E-state index contributed by atoms with van der Waals surface area (Å²) in [4.78, 5) is 11.3. The Morgan fingerprint density at radius 1 is 1.43 bits per heavy atom. The van der Waals surface area contributed by atoms with Crippen molar-refractivity contribution < 1.29 is 4.79 Å². The molecule has 0 aromatic carbocycles. The van der Waals surface area contributed by atoms with Gasteiger partial charge in [0.25, 0.3) is 5.91 Å². The summed E-state index contributed by atoms with van der Waals surface area (Å²) in [6.07, 6.45) is 1.32. The number of rotatable bonds is 3. The van der Waals surface area contributed by atoms with E-state index in [-0.39, 0.29) is 18.1 Å². The highest BCUT2D eigenvalue weighted by molar-refractivity contribution is 5.91. The summed E-state index contributed by atoms with van der Waals surface area (Å²) < 4.78 is 0. The fourth-order valence-electron chi connectivity index (χ4n) is 0.818. The molecule has 2 aromatic heterocycles. The minimum atomic E-state index is -0.344. The number of amides is 1. The zero-order chi connectivity index (χ0) is 9.80. The molecule has 0 aliphatic heterocycles. The fourth-order valence-corrected chi connectivity index (χ4v) is 0.818. The average molecular weight is 194 g/mol. The number of carbonyl (C=O) groups is 1. The van der Waals surface area contributed by atoms with E-state index >= 15 is 0 Å². The molecule has 0 fully saturated rings. The predicted molar refractivity (Wildman–Crippen MR) is 41.7 cm³/mol. The molecule has 2 aromatic rings. The summed E-state index contributed by atoms with van der Waals surface area (Å²) >= 11 is 0. The SMILES string of the molecule is O=C(NCc1nn[nH]n1)c1cn[nH]n1. The van der Waals surface area contributed by atoms with E-state index in [0.717, 1.165) is 0 Å². The van der Waals surface area contributed by atoms with E-state index in [4.69, 9.17) is 0 Å². The molecule has 2 heterocycles. The van der Waals surface area contributed by atoms with Crippen molar-refractivity contribution in [1.29, 1.82) is 0 Å². The average Bonchev–Trinajstić information content (AvgIpc) is 2.87. The molecule has 0 atom stereocenters. The Bertz CT molecular complexity index is 391. The van der Waals surface area contributed by atoms with Crippen molar-refractivity contribution >= 4 is 5.91 Å². The number of carbonyl (C=O) groups excluding carboxylic acids is 1. The summed E-state index contributed by atoms with van der Waals surface area (Å²) in [6, 6.07) is 0. The second-order valence-electron chi connectivity index (χ2n) is 2.37. The molecule has 9 heteroatoms. The maximum atomic E-state index is 11.3. The van der Waals surface area contributed by atoms with E-state index < -0.39 is 0 Å². The quantitative estimate of drug-likeness (QED) is 0.531. The molecule has 0 aliphatic rings. The molecule has 0 saturated heterocycles. The van der Waals surface area contributed by atoms with Crippen LogP contribution in [-0.2, 0) is 6.54 Å². The molecule has 9 nitrogen and oxygen atoms in total. The fraction of sp³-hybridized carbons (Fsp3) is 0.200. The number of tetrazole rings is 1. The molecule has 0 saturated carbocycles. The standard InChI is InChI=1S/C5H6N8O/c14-5(3-1-7-11-8-3)6-2-4-9-12-13-10-4/h1H,2H2,(H,6,14)(H,7,8,11)(H,9,10,12,13). The Balaban J connectivity index is 1.90. The molecule has 0 unspecified atom stereocenters. The molecule has 14 heavy (non-hydrogen) atoms. The summed E-state index contributed by atoms with van der Waals surface area (Å²) in [5, 5.41) is 24.9. The highest BCUT2D eigenvalue weighted by Gasteiger charge is 2.08. The van der Waals surface area contributed by atoms with Gasteiger partial charge in [-0.3, -0.25) is 4.79 Å². The maximum Gasteiger partial charge on any atom is 0.273 e. The van der Waals surface area contributed by atoms with Crippen molar-refractivity contribution in [2.24, 2.45) is 0 Å². The lowest BCUT2D eigenvalue weighted by Crippen LogP contribution is -2.23. The summed E-state index contributed by atoms with van der Waals surface area (Å²) in [5.74, 6) is 0.0606. The van der Waals surface area contributed by atoms with Crippen LogP contribution in [0.2, 0.25) is 0 Å². The van der Waals surface area contributed by atoms with Crippen LogP contribution < -0.4 is 5.32 Å². The van der Waals surface area contributed by atoms with Crippen LogP contribution in [0.5, 0.6) is 0 Å². The van der Waals surface area contributed by atoms with Gasteiger partial charge >= 0.3 is 0 Å². The van der Waals surface area contributed by atoms with Gasteiger partial charge in [-0.25, -0.2) is 0 Å². The van der Waals surface area contributed by atoms with Gasteiger partial charge in [0.05, 0.1) is 12.7 Å².